The molecule has 6 nitrogen and oxygen atoms in total. The second kappa shape index (κ2) is 11.7. The van der Waals surface area contributed by atoms with Crippen molar-refractivity contribution in [2.45, 2.75) is 26.1 Å². The zero-order valence-electron chi connectivity index (χ0n) is 15.6. The summed E-state index contributed by atoms with van der Waals surface area (Å²) < 4.78 is 5.07. The van der Waals surface area contributed by atoms with Crippen molar-refractivity contribution in [1.82, 2.24) is 15.1 Å². The standard InChI is InChI=1S/C18H31N5O.HI/c1-15(14-24-3)21-18(19)20-12-16-4-6-17(7-5-16)13-23-10-8-22(2)9-11-23;/h4-7,15H,8-14H2,1-3H3,(H3,19,20,21);1H. The minimum absolute atomic E-state index is 0. The van der Waals surface area contributed by atoms with Gasteiger partial charge in [0.2, 0.25) is 0 Å². The number of aliphatic imine (C=N–C) groups is 1. The van der Waals surface area contributed by atoms with E-state index in [9.17, 15) is 0 Å². The Morgan fingerprint density at radius 1 is 1.20 bits per heavy atom. The van der Waals surface area contributed by atoms with Gasteiger partial charge < -0.3 is 20.7 Å². The highest BCUT2D eigenvalue weighted by molar-refractivity contribution is 14.0. The molecule has 1 aromatic rings. The van der Waals surface area contributed by atoms with Crippen molar-refractivity contribution >= 4 is 29.9 Å². The van der Waals surface area contributed by atoms with Crippen LogP contribution >= 0.6 is 24.0 Å². The van der Waals surface area contributed by atoms with Crippen LogP contribution in [-0.2, 0) is 17.8 Å². The first-order valence-corrected chi connectivity index (χ1v) is 8.61. The summed E-state index contributed by atoms with van der Waals surface area (Å²) in [6.45, 7) is 8.83. The summed E-state index contributed by atoms with van der Waals surface area (Å²) in [5, 5.41) is 3.11. The minimum Gasteiger partial charge on any atom is -0.383 e. The first-order chi connectivity index (χ1) is 11.6. The summed E-state index contributed by atoms with van der Waals surface area (Å²) in [5.41, 5.74) is 8.41. The van der Waals surface area contributed by atoms with Crippen LogP contribution in [0, 0.1) is 0 Å². The zero-order chi connectivity index (χ0) is 17.4. The fourth-order valence-electron chi connectivity index (χ4n) is 2.78. The first kappa shape index (κ1) is 22.1. The van der Waals surface area contributed by atoms with E-state index in [1.165, 1.54) is 11.1 Å². The van der Waals surface area contributed by atoms with Gasteiger partial charge in [-0.15, -0.1) is 24.0 Å². The van der Waals surface area contributed by atoms with Crippen molar-refractivity contribution in [3.8, 4) is 0 Å². The zero-order valence-corrected chi connectivity index (χ0v) is 17.9. The van der Waals surface area contributed by atoms with Crippen LogP contribution in [-0.4, -0.2) is 68.7 Å². The molecule has 1 atom stereocenters. The summed E-state index contributed by atoms with van der Waals surface area (Å²) in [4.78, 5) is 9.27. The van der Waals surface area contributed by atoms with Crippen LogP contribution in [0.5, 0.6) is 0 Å². The van der Waals surface area contributed by atoms with Gasteiger partial charge in [0.1, 0.15) is 0 Å². The number of benzene rings is 1. The number of nitrogens with one attached hydrogen (secondary N) is 1. The van der Waals surface area contributed by atoms with Crippen molar-refractivity contribution in [3.63, 3.8) is 0 Å². The number of nitrogens with zero attached hydrogens (tertiary/aromatic N) is 3. The SMILES string of the molecule is COCC(C)NC(N)=NCc1ccc(CN2CCN(C)CC2)cc1.I. The topological polar surface area (TPSA) is 66.1 Å². The van der Waals surface area contributed by atoms with Gasteiger partial charge >= 0.3 is 0 Å². The van der Waals surface area contributed by atoms with Crippen LogP contribution in [0.15, 0.2) is 29.3 Å². The number of hydrogen-bond donors (Lipinski definition) is 2. The summed E-state index contributed by atoms with van der Waals surface area (Å²) in [6.07, 6.45) is 0. The number of ether oxygens (including phenoxy) is 1. The summed E-state index contributed by atoms with van der Waals surface area (Å²) in [6, 6.07) is 8.83. The van der Waals surface area contributed by atoms with E-state index >= 15 is 0 Å². The molecule has 0 aromatic heterocycles. The Labute approximate surface area is 168 Å². The Hall–Kier alpha value is -0.900. The fourth-order valence-corrected chi connectivity index (χ4v) is 2.78. The third kappa shape index (κ3) is 8.35. The number of guanidine groups is 1. The van der Waals surface area contributed by atoms with E-state index in [0.717, 1.165) is 32.7 Å². The van der Waals surface area contributed by atoms with Crippen molar-refractivity contribution < 1.29 is 4.74 Å². The molecular formula is C18H32IN5O. The van der Waals surface area contributed by atoms with Gasteiger partial charge in [-0.25, -0.2) is 4.99 Å². The molecule has 2 rings (SSSR count). The van der Waals surface area contributed by atoms with E-state index in [-0.39, 0.29) is 30.0 Å². The van der Waals surface area contributed by atoms with Crippen LogP contribution in [0.1, 0.15) is 18.1 Å². The molecular weight excluding hydrogens is 429 g/mol. The Kier molecular flexibility index (Phi) is 10.3. The molecule has 0 radical (unpaired) electrons. The van der Waals surface area contributed by atoms with Crippen molar-refractivity contribution in [1.29, 1.82) is 0 Å². The van der Waals surface area contributed by atoms with Gasteiger partial charge in [0, 0.05) is 45.9 Å². The average molecular weight is 461 g/mol. The van der Waals surface area contributed by atoms with Gasteiger partial charge in [0.05, 0.1) is 13.2 Å². The fraction of sp³-hybridized carbons (Fsp3) is 0.611. The van der Waals surface area contributed by atoms with Gasteiger partial charge in [-0.1, -0.05) is 24.3 Å². The molecule has 1 saturated heterocycles. The van der Waals surface area contributed by atoms with E-state index in [4.69, 9.17) is 10.5 Å². The Bertz CT molecular complexity index is 515. The van der Waals surface area contributed by atoms with E-state index in [0.29, 0.717) is 19.1 Å². The van der Waals surface area contributed by atoms with Crippen LogP contribution in [0.2, 0.25) is 0 Å². The van der Waals surface area contributed by atoms with Gasteiger partial charge in [0.15, 0.2) is 5.96 Å². The number of likely N-dealkylation sites (N-methyl/N-ethyl adjacent to an activating group) is 1. The molecule has 0 bridgehead atoms. The number of hydrogen-bond acceptors (Lipinski definition) is 4. The Morgan fingerprint density at radius 3 is 2.40 bits per heavy atom. The number of rotatable bonds is 7. The summed E-state index contributed by atoms with van der Waals surface area (Å²) in [7, 11) is 3.86. The van der Waals surface area contributed by atoms with Crippen LogP contribution in [0.3, 0.4) is 0 Å². The highest BCUT2D eigenvalue weighted by atomic mass is 127. The van der Waals surface area contributed by atoms with E-state index in [1.54, 1.807) is 7.11 Å². The van der Waals surface area contributed by atoms with Crippen LogP contribution < -0.4 is 11.1 Å². The number of methoxy groups -OCH3 is 1. The van der Waals surface area contributed by atoms with Gasteiger partial charge in [-0.2, -0.15) is 0 Å². The molecule has 142 valence electrons. The van der Waals surface area contributed by atoms with Crippen LogP contribution in [0.4, 0.5) is 0 Å². The van der Waals surface area contributed by atoms with Gasteiger partial charge in [0.25, 0.3) is 0 Å². The van der Waals surface area contributed by atoms with Crippen molar-refractivity contribution in [2.75, 3.05) is 46.9 Å². The molecule has 1 aromatic carbocycles. The maximum absolute atomic E-state index is 5.89. The lowest BCUT2D eigenvalue weighted by atomic mass is 10.1. The van der Waals surface area contributed by atoms with Gasteiger partial charge in [-0.3, -0.25) is 4.90 Å². The van der Waals surface area contributed by atoms with Gasteiger partial charge in [-0.05, 0) is 25.1 Å². The molecule has 0 aliphatic carbocycles. The minimum atomic E-state index is 0. The summed E-state index contributed by atoms with van der Waals surface area (Å²) >= 11 is 0. The maximum Gasteiger partial charge on any atom is 0.189 e. The number of halogens is 1. The Morgan fingerprint density at radius 2 is 1.80 bits per heavy atom. The first-order valence-electron chi connectivity index (χ1n) is 8.61. The third-order valence-electron chi connectivity index (χ3n) is 4.27. The average Bonchev–Trinajstić information content (AvgIpc) is 2.56. The smallest absolute Gasteiger partial charge is 0.189 e. The van der Waals surface area contributed by atoms with Crippen LogP contribution in [0.25, 0.3) is 0 Å². The predicted molar refractivity (Wildman–Crippen MR) is 114 cm³/mol. The quantitative estimate of drug-likeness (QED) is 0.366. The molecule has 7 heteroatoms. The lowest BCUT2D eigenvalue weighted by molar-refractivity contribution is 0.148. The second-order valence-electron chi connectivity index (χ2n) is 6.60. The predicted octanol–water partition coefficient (Wildman–Crippen LogP) is 1.49. The maximum atomic E-state index is 5.89. The molecule has 3 N–H and O–H groups in total. The summed E-state index contributed by atoms with van der Waals surface area (Å²) in [5.74, 6) is 0.459. The molecule has 1 fully saturated rings. The molecule has 1 heterocycles. The van der Waals surface area contributed by atoms with E-state index in [1.807, 2.05) is 6.92 Å². The lowest BCUT2D eigenvalue weighted by Gasteiger charge is -2.32. The molecule has 0 amide bonds. The Balaban J connectivity index is 0.00000312. The van der Waals surface area contributed by atoms with E-state index in [2.05, 4.69) is 51.4 Å². The highest BCUT2D eigenvalue weighted by Crippen LogP contribution is 2.10. The normalized spacial score (nSPS) is 17.8. The molecule has 1 aliphatic rings. The molecule has 1 unspecified atom stereocenters. The third-order valence-corrected chi connectivity index (χ3v) is 4.27. The van der Waals surface area contributed by atoms with Crippen molar-refractivity contribution in [2.24, 2.45) is 10.7 Å². The largest absolute Gasteiger partial charge is 0.383 e. The molecule has 1 aliphatic heterocycles. The highest BCUT2D eigenvalue weighted by Gasteiger charge is 2.13. The molecule has 25 heavy (non-hydrogen) atoms. The monoisotopic (exact) mass is 461 g/mol. The molecule has 0 saturated carbocycles. The number of nitrogens with two attached hydrogens (primary N) is 1. The van der Waals surface area contributed by atoms with E-state index < -0.39 is 0 Å². The van der Waals surface area contributed by atoms with Crippen molar-refractivity contribution in [3.05, 3.63) is 35.4 Å². The number of piperazine rings is 1. The lowest BCUT2D eigenvalue weighted by Crippen LogP contribution is -2.43. The molecule has 0 spiro atoms. The second-order valence-corrected chi connectivity index (χ2v) is 6.60.